The van der Waals surface area contributed by atoms with E-state index in [0.717, 1.165) is 12.8 Å². The molecule has 1 heteroatoms. The summed E-state index contributed by atoms with van der Waals surface area (Å²) in [7, 11) is 0. The smallest absolute Gasteiger partial charge is 0.0897 e. The third-order valence-corrected chi connectivity index (χ3v) is 4.68. The Labute approximate surface area is 93.2 Å². The number of ether oxygens (including phenoxy) is 1. The molecule has 2 fully saturated rings. The van der Waals surface area contributed by atoms with Crippen molar-refractivity contribution in [1.29, 1.82) is 0 Å². The van der Waals surface area contributed by atoms with Crippen LogP contribution >= 0.6 is 0 Å². The fourth-order valence-electron chi connectivity index (χ4n) is 2.78. The lowest BCUT2D eigenvalue weighted by Crippen LogP contribution is -2.57. The van der Waals surface area contributed by atoms with Gasteiger partial charge in [0.1, 0.15) is 0 Å². The van der Waals surface area contributed by atoms with Crippen molar-refractivity contribution in [2.45, 2.75) is 50.7 Å². The fourth-order valence-corrected chi connectivity index (χ4v) is 2.78. The van der Waals surface area contributed by atoms with Gasteiger partial charge in [0.15, 0.2) is 0 Å². The molecule has 4 unspecified atom stereocenters. The van der Waals surface area contributed by atoms with Crippen molar-refractivity contribution in [3.8, 4) is 0 Å². The SMILES string of the molecule is C=CC1(OC2(C=C)CCC2C)CCC1C. The first-order valence-electron chi connectivity index (χ1n) is 6.06. The van der Waals surface area contributed by atoms with Crippen LogP contribution in [0, 0.1) is 11.8 Å². The second kappa shape index (κ2) is 3.48. The Morgan fingerprint density at radius 3 is 1.53 bits per heavy atom. The van der Waals surface area contributed by atoms with Crippen LogP contribution in [0.5, 0.6) is 0 Å². The van der Waals surface area contributed by atoms with Crippen molar-refractivity contribution in [2.75, 3.05) is 0 Å². The van der Waals surface area contributed by atoms with Gasteiger partial charge < -0.3 is 4.74 Å². The molecule has 0 N–H and O–H groups in total. The Morgan fingerprint density at radius 2 is 1.40 bits per heavy atom. The van der Waals surface area contributed by atoms with E-state index in [0.29, 0.717) is 11.8 Å². The van der Waals surface area contributed by atoms with Gasteiger partial charge in [0.05, 0.1) is 11.2 Å². The lowest BCUT2D eigenvalue weighted by molar-refractivity contribution is -0.219. The van der Waals surface area contributed by atoms with Gasteiger partial charge in [-0.15, -0.1) is 13.2 Å². The average molecular weight is 206 g/mol. The second-order valence-corrected chi connectivity index (χ2v) is 5.30. The molecule has 0 heterocycles. The number of rotatable bonds is 4. The van der Waals surface area contributed by atoms with Gasteiger partial charge >= 0.3 is 0 Å². The average Bonchev–Trinajstić information content (AvgIpc) is 2.27. The van der Waals surface area contributed by atoms with Crippen LogP contribution in [0.25, 0.3) is 0 Å². The molecule has 2 aliphatic rings. The zero-order valence-electron chi connectivity index (χ0n) is 9.96. The van der Waals surface area contributed by atoms with E-state index in [1.807, 2.05) is 12.2 Å². The van der Waals surface area contributed by atoms with Crippen LogP contribution < -0.4 is 0 Å². The maximum atomic E-state index is 6.38. The van der Waals surface area contributed by atoms with Crippen molar-refractivity contribution in [1.82, 2.24) is 0 Å². The minimum Gasteiger partial charge on any atom is -0.360 e. The molecule has 0 aromatic rings. The summed E-state index contributed by atoms with van der Waals surface area (Å²) >= 11 is 0. The monoisotopic (exact) mass is 206 g/mol. The first kappa shape index (κ1) is 10.9. The molecule has 4 atom stereocenters. The van der Waals surface area contributed by atoms with Crippen molar-refractivity contribution >= 4 is 0 Å². The van der Waals surface area contributed by atoms with Crippen molar-refractivity contribution in [3.05, 3.63) is 25.3 Å². The predicted molar refractivity (Wildman–Crippen MR) is 63.7 cm³/mol. The summed E-state index contributed by atoms with van der Waals surface area (Å²) in [6.07, 6.45) is 8.79. The molecule has 0 saturated heterocycles. The van der Waals surface area contributed by atoms with E-state index in [2.05, 4.69) is 27.0 Å². The van der Waals surface area contributed by atoms with E-state index in [-0.39, 0.29) is 11.2 Å². The van der Waals surface area contributed by atoms with Gasteiger partial charge in [-0.05, 0) is 37.5 Å². The summed E-state index contributed by atoms with van der Waals surface area (Å²) in [5.41, 5.74) is -0.133. The third-order valence-electron chi connectivity index (χ3n) is 4.68. The molecule has 15 heavy (non-hydrogen) atoms. The third kappa shape index (κ3) is 1.40. The molecule has 0 radical (unpaired) electrons. The van der Waals surface area contributed by atoms with Gasteiger partial charge in [-0.25, -0.2) is 0 Å². The number of hydrogen-bond acceptors (Lipinski definition) is 1. The zero-order valence-corrected chi connectivity index (χ0v) is 9.96. The highest BCUT2D eigenvalue weighted by Crippen LogP contribution is 2.51. The van der Waals surface area contributed by atoms with Crippen LogP contribution in [-0.2, 0) is 4.74 Å². The van der Waals surface area contributed by atoms with Gasteiger partial charge in [-0.3, -0.25) is 0 Å². The van der Waals surface area contributed by atoms with Gasteiger partial charge in [-0.2, -0.15) is 0 Å². The minimum atomic E-state index is -0.0666. The van der Waals surface area contributed by atoms with Crippen LogP contribution in [-0.4, -0.2) is 11.2 Å². The van der Waals surface area contributed by atoms with Gasteiger partial charge in [0.2, 0.25) is 0 Å². The summed E-state index contributed by atoms with van der Waals surface area (Å²) in [5.74, 6) is 1.22. The zero-order chi connectivity index (χ0) is 11.1. The standard InChI is InChI=1S/C14H22O/c1-5-13(9-7-11(13)3)15-14(6-2)10-8-12(14)4/h5-6,11-12H,1-2,7-10H2,3-4H3. The molecule has 1 nitrogen and oxygen atoms in total. The van der Waals surface area contributed by atoms with Crippen molar-refractivity contribution in [3.63, 3.8) is 0 Å². The highest BCUT2D eigenvalue weighted by atomic mass is 16.5. The summed E-state index contributed by atoms with van der Waals surface area (Å²) < 4.78 is 6.38. The highest BCUT2D eigenvalue weighted by molar-refractivity contribution is 5.15. The van der Waals surface area contributed by atoms with Crippen molar-refractivity contribution in [2.24, 2.45) is 11.8 Å². The summed E-state index contributed by atoms with van der Waals surface area (Å²) in [5, 5.41) is 0. The van der Waals surface area contributed by atoms with E-state index in [9.17, 15) is 0 Å². The van der Waals surface area contributed by atoms with Crippen LogP contribution in [0.4, 0.5) is 0 Å². The molecule has 0 bridgehead atoms. The maximum absolute atomic E-state index is 6.38. The van der Waals surface area contributed by atoms with E-state index >= 15 is 0 Å². The van der Waals surface area contributed by atoms with Gasteiger partial charge in [-0.1, -0.05) is 26.0 Å². The largest absolute Gasteiger partial charge is 0.360 e. The molecule has 2 saturated carbocycles. The Kier molecular flexibility index (Phi) is 2.54. The quantitative estimate of drug-likeness (QED) is 0.637. The summed E-state index contributed by atoms with van der Waals surface area (Å²) in [6, 6.07) is 0. The van der Waals surface area contributed by atoms with Crippen LogP contribution in [0.1, 0.15) is 39.5 Å². The van der Waals surface area contributed by atoms with Crippen LogP contribution in [0.15, 0.2) is 25.3 Å². The molecule has 0 aromatic carbocycles. The molecule has 2 rings (SSSR count). The van der Waals surface area contributed by atoms with E-state index < -0.39 is 0 Å². The van der Waals surface area contributed by atoms with E-state index in [4.69, 9.17) is 4.74 Å². The fraction of sp³-hybridized carbons (Fsp3) is 0.714. The lowest BCUT2D eigenvalue weighted by Gasteiger charge is -2.56. The first-order chi connectivity index (χ1) is 7.08. The Morgan fingerprint density at radius 1 is 1.00 bits per heavy atom. The molecule has 2 aliphatic carbocycles. The molecular weight excluding hydrogens is 184 g/mol. The van der Waals surface area contributed by atoms with Crippen LogP contribution in [0.3, 0.4) is 0 Å². The van der Waals surface area contributed by atoms with Gasteiger partial charge in [0.25, 0.3) is 0 Å². The molecular formula is C14H22O. The first-order valence-corrected chi connectivity index (χ1v) is 6.06. The maximum Gasteiger partial charge on any atom is 0.0897 e. The summed E-state index contributed by atoms with van der Waals surface area (Å²) in [4.78, 5) is 0. The Bertz CT molecular complexity index is 255. The summed E-state index contributed by atoms with van der Waals surface area (Å²) in [6.45, 7) is 12.4. The Hall–Kier alpha value is -0.560. The molecule has 84 valence electrons. The van der Waals surface area contributed by atoms with Crippen molar-refractivity contribution < 1.29 is 4.74 Å². The van der Waals surface area contributed by atoms with Crippen LogP contribution in [0.2, 0.25) is 0 Å². The molecule has 0 amide bonds. The molecule has 0 aromatic heterocycles. The second-order valence-electron chi connectivity index (χ2n) is 5.30. The van der Waals surface area contributed by atoms with Gasteiger partial charge in [0, 0.05) is 0 Å². The Balaban J connectivity index is 2.12. The molecule has 0 aliphatic heterocycles. The minimum absolute atomic E-state index is 0.0666. The molecule has 0 spiro atoms. The highest BCUT2D eigenvalue weighted by Gasteiger charge is 2.52. The normalized spacial score (nSPS) is 48.9. The number of hydrogen-bond donors (Lipinski definition) is 0. The predicted octanol–water partition coefficient (Wildman–Crippen LogP) is 3.71. The van der Waals surface area contributed by atoms with E-state index in [1.165, 1.54) is 12.8 Å². The van der Waals surface area contributed by atoms with E-state index in [1.54, 1.807) is 0 Å². The lowest BCUT2D eigenvalue weighted by atomic mass is 9.66. The topological polar surface area (TPSA) is 9.23 Å².